The fourth-order valence-electron chi connectivity index (χ4n) is 0.559. The van der Waals surface area contributed by atoms with E-state index in [2.05, 4.69) is 10.3 Å². The number of alkyl halides is 1. The Bertz CT molecular complexity index is 277. The summed E-state index contributed by atoms with van der Waals surface area (Å²) in [5, 5.41) is 9.67. The van der Waals surface area contributed by atoms with E-state index in [9.17, 15) is 0 Å². The molecule has 1 N–H and O–H groups in total. The predicted molar refractivity (Wildman–Crippen MR) is 44.6 cm³/mol. The van der Waals surface area contributed by atoms with Crippen LogP contribution in [-0.4, -0.2) is 10.3 Å². The molecule has 0 bridgehead atoms. The minimum absolute atomic E-state index is 0.102. The lowest BCUT2D eigenvalue weighted by molar-refractivity contribution is 0.661. The number of halogens is 3. The zero-order chi connectivity index (χ0) is 8.48. The van der Waals surface area contributed by atoms with Gasteiger partial charge in [-0.2, -0.15) is 5.26 Å². The van der Waals surface area contributed by atoms with Crippen molar-refractivity contribution in [3.63, 3.8) is 0 Å². The van der Waals surface area contributed by atoms with Crippen LogP contribution >= 0.6 is 34.8 Å². The highest BCUT2D eigenvalue weighted by Gasteiger charge is 2.29. The van der Waals surface area contributed by atoms with Crippen molar-refractivity contribution in [2.45, 2.75) is 5.12 Å². The third-order valence-corrected chi connectivity index (χ3v) is 1.60. The van der Waals surface area contributed by atoms with Crippen LogP contribution in [0.4, 0.5) is 0 Å². The van der Waals surface area contributed by atoms with Crippen molar-refractivity contribution < 1.29 is 0 Å². The highest BCUT2D eigenvalue weighted by atomic mass is 35.5. The SMILES string of the molecule is N#CC1(Cl)N=C(Cl)C=C(Cl)N1. The lowest BCUT2D eigenvalue weighted by atomic mass is 10.4. The Morgan fingerprint density at radius 2 is 2.27 bits per heavy atom. The fraction of sp³-hybridized carbons (Fsp3) is 0.200. The summed E-state index contributed by atoms with van der Waals surface area (Å²) < 4.78 is 0. The number of rotatable bonds is 0. The molecule has 1 rings (SSSR count). The van der Waals surface area contributed by atoms with Crippen molar-refractivity contribution in [2.75, 3.05) is 0 Å². The van der Waals surface area contributed by atoms with Crippen molar-refractivity contribution in [1.29, 1.82) is 5.26 Å². The maximum Gasteiger partial charge on any atom is 0.298 e. The number of allylic oxidation sites excluding steroid dienone is 1. The average Bonchev–Trinajstić information content (AvgIpc) is 1.84. The summed E-state index contributed by atoms with van der Waals surface area (Å²) in [7, 11) is 0. The first-order valence-corrected chi connectivity index (χ1v) is 3.70. The van der Waals surface area contributed by atoms with Crippen LogP contribution in [0.5, 0.6) is 0 Å². The van der Waals surface area contributed by atoms with Gasteiger partial charge < -0.3 is 5.32 Å². The molecule has 0 saturated heterocycles. The number of hydrogen-bond acceptors (Lipinski definition) is 3. The molecular formula is C5H2Cl3N3. The molecule has 6 heteroatoms. The second-order valence-electron chi connectivity index (χ2n) is 1.79. The molecule has 0 aliphatic carbocycles. The molecular weight excluding hydrogens is 208 g/mol. The Kier molecular flexibility index (Phi) is 2.28. The molecule has 3 nitrogen and oxygen atoms in total. The lowest BCUT2D eigenvalue weighted by Gasteiger charge is -2.19. The van der Waals surface area contributed by atoms with Crippen LogP contribution < -0.4 is 5.32 Å². The summed E-state index contributed by atoms with van der Waals surface area (Å²) in [6.45, 7) is 0. The van der Waals surface area contributed by atoms with Crippen molar-refractivity contribution in [3.8, 4) is 6.07 Å². The third-order valence-electron chi connectivity index (χ3n) is 0.940. The van der Waals surface area contributed by atoms with E-state index < -0.39 is 5.12 Å². The summed E-state index contributed by atoms with van der Waals surface area (Å²) in [6.07, 6.45) is 1.36. The molecule has 0 fully saturated rings. The van der Waals surface area contributed by atoms with E-state index >= 15 is 0 Å². The predicted octanol–water partition coefficient (Wildman–Crippen LogP) is 1.72. The average molecular weight is 210 g/mol. The van der Waals surface area contributed by atoms with Crippen molar-refractivity contribution in [2.24, 2.45) is 4.99 Å². The molecule has 1 unspecified atom stereocenters. The van der Waals surface area contributed by atoms with E-state index in [1.165, 1.54) is 6.08 Å². The Labute approximate surface area is 78.3 Å². The van der Waals surface area contributed by atoms with E-state index in [1.54, 1.807) is 6.07 Å². The summed E-state index contributed by atoms with van der Waals surface area (Å²) in [4.78, 5) is 3.60. The van der Waals surface area contributed by atoms with Crippen LogP contribution in [0.15, 0.2) is 16.2 Å². The van der Waals surface area contributed by atoms with Gasteiger partial charge in [-0.05, 0) is 0 Å². The molecule has 0 aromatic carbocycles. The van der Waals surface area contributed by atoms with E-state index in [-0.39, 0.29) is 10.3 Å². The molecule has 0 saturated carbocycles. The first kappa shape index (κ1) is 8.66. The van der Waals surface area contributed by atoms with Crippen LogP contribution in [0.3, 0.4) is 0 Å². The van der Waals surface area contributed by atoms with Gasteiger partial charge in [0.1, 0.15) is 16.4 Å². The Hall–Kier alpha value is -0.430. The number of nitrogens with zero attached hydrogens (tertiary/aromatic N) is 2. The van der Waals surface area contributed by atoms with Crippen molar-refractivity contribution >= 4 is 40.0 Å². The van der Waals surface area contributed by atoms with Gasteiger partial charge in [0.2, 0.25) is 0 Å². The zero-order valence-corrected chi connectivity index (χ0v) is 7.37. The van der Waals surface area contributed by atoms with E-state index in [1.807, 2.05) is 0 Å². The van der Waals surface area contributed by atoms with Crippen LogP contribution in [0.25, 0.3) is 0 Å². The maximum absolute atomic E-state index is 8.49. The summed E-state index contributed by atoms with van der Waals surface area (Å²) in [5.41, 5.74) is 0. The number of nitrogens with one attached hydrogen (secondary N) is 1. The van der Waals surface area contributed by atoms with E-state index in [0.717, 1.165) is 0 Å². The largest absolute Gasteiger partial charge is 0.327 e. The summed E-state index contributed by atoms with van der Waals surface area (Å²) in [6, 6.07) is 1.70. The molecule has 1 aliphatic heterocycles. The summed E-state index contributed by atoms with van der Waals surface area (Å²) in [5.74, 6) is 0. The highest BCUT2D eigenvalue weighted by Crippen LogP contribution is 2.21. The topological polar surface area (TPSA) is 48.2 Å². The summed E-state index contributed by atoms with van der Waals surface area (Å²) >= 11 is 16.6. The molecule has 58 valence electrons. The maximum atomic E-state index is 8.49. The minimum atomic E-state index is -1.55. The van der Waals surface area contributed by atoms with E-state index in [0.29, 0.717) is 0 Å². The van der Waals surface area contributed by atoms with Gasteiger partial charge in [-0.3, -0.25) is 0 Å². The zero-order valence-electron chi connectivity index (χ0n) is 5.11. The quantitative estimate of drug-likeness (QED) is 0.489. The molecule has 1 heterocycles. The number of nitriles is 1. The van der Waals surface area contributed by atoms with Crippen LogP contribution in [0, 0.1) is 11.3 Å². The fourth-order valence-corrected chi connectivity index (χ4v) is 1.38. The van der Waals surface area contributed by atoms with Crippen molar-refractivity contribution in [3.05, 3.63) is 11.2 Å². The van der Waals surface area contributed by atoms with Gasteiger partial charge >= 0.3 is 0 Å². The standard InChI is InChI=1S/C5H2Cl3N3/c6-3-1-4(7)11-5(8,2-9)10-3/h1,10H. The van der Waals surface area contributed by atoms with Crippen LogP contribution in [0.2, 0.25) is 0 Å². The monoisotopic (exact) mass is 209 g/mol. The molecule has 1 atom stereocenters. The molecule has 0 radical (unpaired) electrons. The number of aliphatic imine (C=N–C) groups is 1. The molecule has 0 amide bonds. The molecule has 11 heavy (non-hydrogen) atoms. The van der Waals surface area contributed by atoms with Gasteiger partial charge in [-0.1, -0.05) is 34.8 Å². The Morgan fingerprint density at radius 3 is 2.73 bits per heavy atom. The molecule has 1 aliphatic rings. The second-order valence-corrected chi connectivity index (χ2v) is 3.13. The van der Waals surface area contributed by atoms with Gasteiger partial charge in [0.05, 0.1) is 0 Å². The van der Waals surface area contributed by atoms with Crippen LogP contribution in [0.1, 0.15) is 0 Å². The molecule has 0 aromatic heterocycles. The lowest BCUT2D eigenvalue weighted by Crippen LogP contribution is -2.37. The van der Waals surface area contributed by atoms with Crippen molar-refractivity contribution in [1.82, 2.24) is 5.32 Å². The Balaban J connectivity index is 2.98. The minimum Gasteiger partial charge on any atom is -0.327 e. The smallest absolute Gasteiger partial charge is 0.298 e. The van der Waals surface area contributed by atoms with Gasteiger partial charge in [0, 0.05) is 6.08 Å². The molecule has 0 spiro atoms. The Morgan fingerprint density at radius 1 is 1.64 bits per heavy atom. The molecule has 0 aromatic rings. The van der Waals surface area contributed by atoms with E-state index in [4.69, 9.17) is 40.1 Å². The van der Waals surface area contributed by atoms with Gasteiger partial charge in [-0.25, -0.2) is 4.99 Å². The van der Waals surface area contributed by atoms with Gasteiger partial charge in [0.15, 0.2) is 0 Å². The normalized spacial score (nSPS) is 29.6. The first-order valence-electron chi connectivity index (χ1n) is 2.57. The highest BCUT2D eigenvalue weighted by molar-refractivity contribution is 6.69. The first-order chi connectivity index (χ1) is 5.06. The second kappa shape index (κ2) is 2.90. The number of hydrogen-bond donors (Lipinski definition) is 1. The van der Waals surface area contributed by atoms with Gasteiger partial charge in [0.25, 0.3) is 5.12 Å². The van der Waals surface area contributed by atoms with Gasteiger partial charge in [-0.15, -0.1) is 0 Å². The van der Waals surface area contributed by atoms with Crippen LogP contribution in [-0.2, 0) is 0 Å². The third kappa shape index (κ3) is 2.00.